The summed E-state index contributed by atoms with van der Waals surface area (Å²) >= 11 is 0. The number of hydrogen-bond donors (Lipinski definition) is 1. The van der Waals surface area contributed by atoms with Crippen molar-refractivity contribution in [2.45, 2.75) is 6.54 Å². The van der Waals surface area contributed by atoms with Crippen molar-refractivity contribution >= 4 is 17.6 Å². The molecule has 0 radical (unpaired) electrons. The summed E-state index contributed by atoms with van der Waals surface area (Å²) in [7, 11) is 4.00. The average molecular weight is 374 g/mol. The van der Waals surface area contributed by atoms with Crippen LogP contribution in [0.15, 0.2) is 36.4 Å². The van der Waals surface area contributed by atoms with Crippen molar-refractivity contribution in [3.63, 3.8) is 0 Å². The molecule has 2 aromatic carbocycles. The number of nitro groups is 1. The first-order chi connectivity index (χ1) is 12.9. The highest BCUT2D eigenvalue weighted by molar-refractivity contribution is 5.95. The Morgan fingerprint density at radius 1 is 1.04 bits per heavy atom. The number of nitrogens with zero attached hydrogens (tertiary/aromatic N) is 1. The van der Waals surface area contributed by atoms with E-state index in [9.17, 15) is 19.7 Å². The maximum absolute atomic E-state index is 12.3. The summed E-state index contributed by atoms with van der Waals surface area (Å²) in [6, 6.07) is 8.74. The Kier molecular flexibility index (Phi) is 6.32. The van der Waals surface area contributed by atoms with Crippen LogP contribution in [-0.2, 0) is 11.3 Å². The number of esters is 1. The van der Waals surface area contributed by atoms with Crippen LogP contribution in [0.1, 0.15) is 26.3 Å². The molecule has 0 atom stereocenters. The summed E-state index contributed by atoms with van der Waals surface area (Å²) < 4.78 is 14.7. The Balaban J connectivity index is 2.17. The third-order valence-electron chi connectivity index (χ3n) is 3.76. The van der Waals surface area contributed by atoms with E-state index in [1.54, 1.807) is 18.2 Å². The van der Waals surface area contributed by atoms with Gasteiger partial charge in [-0.15, -0.1) is 0 Å². The van der Waals surface area contributed by atoms with Crippen LogP contribution in [0.25, 0.3) is 0 Å². The van der Waals surface area contributed by atoms with Gasteiger partial charge in [0.25, 0.3) is 5.91 Å². The van der Waals surface area contributed by atoms with Crippen LogP contribution in [0.5, 0.6) is 11.5 Å². The molecule has 142 valence electrons. The second kappa shape index (κ2) is 8.65. The molecule has 0 fully saturated rings. The molecule has 0 aliphatic rings. The molecule has 0 aliphatic carbocycles. The zero-order valence-electron chi connectivity index (χ0n) is 15.0. The maximum Gasteiger partial charge on any atom is 0.341 e. The van der Waals surface area contributed by atoms with Crippen LogP contribution in [0.2, 0.25) is 0 Å². The van der Waals surface area contributed by atoms with E-state index in [-0.39, 0.29) is 29.1 Å². The molecule has 2 rings (SSSR count). The fraction of sp³-hybridized carbons (Fsp3) is 0.222. The Labute approximate surface area is 155 Å². The van der Waals surface area contributed by atoms with Gasteiger partial charge in [0, 0.05) is 18.2 Å². The quantitative estimate of drug-likeness (QED) is 0.449. The minimum Gasteiger partial charge on any atom is -0.496 e. The minimum atomic E-state index is -0.623. The van der Waals surface area contributed by atoms with E-state index in [1.165, 1.54) is 33.5 Å². The summed E-state index contributed by atoms with van der Waals surface area (Å²) in [5.74, 6) is -0.654. The summed E-state index contributed by atoms with van der Waals surface area (Å²) in [4.78, 5) is 34.5. The largest absolute Gasteiger partial charge is 0.496 e. The number of amides is 1. The molecular weight excluding hydrogens is 356 g/mol. The molecule has 0 unspecified atom stereocenters. The van der Waals surface area contributed by atoms with Gasteiger partial charge in [-0.05, 0) is 29.8 Å². The van der Waals surface area contributed by atoms with E-state index in [0.717, 1.165) is 6.07 Å². The third-order valence-corrected chi connectivity index (χ3v) is 3.76. The predicted molar refractivity (Wildman–Crippen MR) is 95.2 cm³/mol. The Morgan fingerprint density at radius 3 is 2.30 bits per heavy atom. The number of carbonyl (C=O) groups is 2. The highest BCUT2D eigenvalue weighted by Crippen LogP contribution is 2.27. The normalized spacial score (nSPS) is 10.0. The molecule has 1 amide bonds. The lowest BCUT2D eigenvalue weighted by atomic mass is 10.1. The zero-order valence-corrected chi connectivity index (χ0v) is 15.0. The van der Waals surface area contributed by atoms with Gasteiger partial charge in [0.1, 0.15) is 11.3 Å². The number of nitrogens with one attached hydrogen (secondary N) is 1. The van der Waals surface area contributed by atoms with Gasteiger partial charge in [0.2, 0.25) is 0 Å². The number of benzene rings is 2. The summed E-state index contributed by atoms with van der Waals surface area (Å²) in [5.41, 5.74) is 0.672. The monoisotopic (exact) mass is 374 g/mol. The first-order valence-corrected chi connectivity index (χ1v) is 7.77. The topological polar surface area (TPSA) is 117 Å². The lowest BCUT2D eigenvalue weighted by molar-refractivity contribution is -0.385. The van der Waals surface area contributed by atoms with Crippen molar-refractivity contribution in [2.75, 3.05) is 21.3 Å². The van der Waals surface area contributed by atoms with E-state index >= 15 is 0 Å². The first kappa shape index (κ1) is 19.7. The number of hydrogen-bond acceptors (Lipinski definition) is 7. The first-order valence-electron chi connectivity index (χ1n) is 7.77. The van der Waals surface area contributed by atoms with Crippen molar-refractivity contribution in [2.24, 2.45) is 0 Å². The zero-order chi connectivity index (χ0) is 20.0. The van der Waals surface area contributed by atoms with Crippen molar-refractivity contribution in [1.29, 1.82) is 0 Å². The molecule has 0 aliphatic heterocycles. The number of rotatable bonds is 7. The van der Waals surface area contributed by atoms with Crippen molar-refractivity contribution < 1.29 is 28.7 Å². The molecule has 0 aromatic heterocycles. The predicted octanol–water partition coefficient (Wildman–Crippen LogP) is 2.33. The minimum absolute atomic E-state index is 0.0643. The fourth-order valence-corrected chi connectivity index (χ4v) is 2.39. The van der Waals surface area contributed by atoms with Crippen molar-refractivity contribution in [3.8, 4) is 11.5 Å². The molecule has 0 bridgehead atoms. The maximum atomic E-state index is 12.3. The highest BCUT2D eigenvalue weighted by Gasteiger charge is 2.18. The van der Waals surface area contributed by atoms with Gasteiger partial charge in [-0.25, -0.2) is 4.79 Å². The number of ether oxygens (including phenoxy) is 3. The van der Waals surface area contributed by atoms with Crippen LogP contribution in [0.4, 0.5) is 5.69 Å². The molecule has 0 saturated heterocycles. The van der Waals surface area contributed by atoms with E-state index < -0.39 is 16.8 Å². The van der Waals surface area contributed by atoms with Gasteiger partial charge in [0.05, 0.1) is 26.3 Å². The van der Waals surface area contributed by atoms with Gasteiger partial charge in [-0.3, -0.25) is 14.9 Å². The van der Waals surface area contributed by atoms with Crippen LogP contribution >= 0.6 is 0 Å². The van der Waals surface area contributed by atoms with E-state index in [4.69, 9.17) is 14.2 Å². The molecule has 0 heterocycles. The van der Waals surface area contributed by atoms with Gasteiger partial charge in [-0.1, -0.05) is 6.07 Å². The standard InChI is InChI=1S/C18H18N2O7/c1-25-15-6-4-11(8-13(15)18(22)27-3)10-19-17(21)12-5-7-16(26-2)14(9-12)20(23)24/h4-9H,10H2,1-3H3,(H,19,21). The molecule has 9 heteroatoms. The molecule has 9 nitrogen and oxygen atoms in total. The summed E-state index contributed by atoms with van der Waals surface area (Å²) in [6.45, 7) is 0.104. The van der Waals surface area contributed by atoms with Gasteiger partial charge in [0.15, 0.2) is 5.75 Å². The SMILES string of the molecule is COC(=O)c1cc(CNC(=O)c2ccc(OC)c([N+](=O)[O-])c2)ccc1OC. The van der Waals surface area contributed by atoms with E-state index in [1.807, 2.05) is 0 Å². The van der Waals surface area contributed by atoms with Crippen molar-refractivity contribution in [3.05, 3.63) is 63.2 Å². The van der Waals surface area contributed by atoms with E-state index in [0.29, 0.717) is 11.3 Å². The van der Waals surface area contributed by atoms with Crippen LogP contribution in [-0.4, -0.2) is 38.1 Å². The highest BCUT2D eigenvalue weighted by atomic mass is 16.6. The molecule has 27 heavy (non-hydrogen) atoms. The molecule has 2 aromatic rings. The molecule has 0 spiro atoms. The summed E-state index contributed by atoms with van der Waals surface area (Å²) in [6.07, 6.45) is 0. The van der Waals surface area contributed by atoms with Crippen LogP contribution in [0.3, 0.4) is 0 Å². The van der Waals surface area contributed by atoms with E-state index in [2.05, 4.69) is 5.32 Å². The Hall–Kier alpha value is -3.62. The van der Waals surface area contributed by atoms with Gasteiger partial charge in [-0.2, -0.15) is 0 Å². The Morgan fingerprint density at radius 2 is 1.70 bits per heavy atom. The Bertz CT molecular complexity index is 880. The lowest BCUT2D eigenvalue weighted by Crippen LogP contribution is -2.23. The second-order valence-corrected chi connectivity index (χ2v) is 5.35. The van der Waals surface area contributed by atoms with Crippen molar-refractivity contribution in [1.82, 2.24) is 5.32 Å². The lowest BCUT2D eigenvalue weighted by Gasteiger charge is -2.10. The number of methoxy groups -OCH3 is 3. The molecule has 1 N–H and O–H groups in total. The third kappa shape index (κ3) is 4.51. The average Bonchev–Trinajstić information content (AvgIpc) is 2.70. The smallest absolute Gasteiger partial charge is 0.341 e. The number of nitro benzene ring substituents is 1. The fourth-order valence-electron chi connectivity index (χ4n) is 2.39. The number of carbonyl (C=O) groups excluding carboxylic acids is 2. The molecular formula is C18H18N2O7. The van der Waals surface area contributed by atoms with Gasteiger partial charge < -0.3 is 19.5 Å². The summed E-state index contributed by atoms with van der Waals surface area (Å²) in [5, 5.41) is 13.7. The van der Waals surface area contributed by atoms with Crippen LogP contribution < -0.4 is 14.8 Å². The molecule has 0 saturated carbocycles. The van der Waals surface area contributed by atoms with Crippen LogP contribution in [0, 0.1) is 10.1 Å². The second-order valence-electron chi connectivity index (χ2n) is 5.35. The van der Waals surface area contributed by atoms with Gasteiger partial charge >= 0.3 is 11.7 Å².